The minimum Gasteiger partial charge on any atom is -0.497 e. The van der Waals surface area contributed by atoms with Crippen LogP contribution in [0, 0.1) is 11.3 Å². The molecule has 0 amide bonds. The highest BCUT2D eigenvalue weighted by Crippen LogP contribution is 2.46. The van der Waals surface area contributed by atoms with E-state index in [9.17, 15) is 13.2 Å². The molecule has 43 heavy (non-hydrogen) atoms. The van der Waals surface area contributed by atoms with Gasteiger partial charge in [-0.1, -0.05) is 24.3 Å². The van der Waals surface area contributed by atoms with Gasteiger partial charge in [-0.3, -0.25) is 0 Å². The first-order valence-electron chi connectivity index (χ1n) is 15.1. The van der Waals surface area contributed by atoms with E-state index in [0.717, 1.165) is 56.4 Å². The predicted molar refractivity (Wildman–Crippen MR) is 175 cm³/mol. The zero-order valence-corrected chi connectivity index (χ0v) is 28.0. The Morgan fingerprint density at radius 3 is 2.09 bits per heavy atom. The van der Waals surface area contributed by atoms with Gasteiger partial charge in [0, 0.05) is 30.8 Å². The van der Waals surface area contributed by atoms with Crippen molar-refractivity contribution in [1.29, 1.82) is 0 Å². The van der Waals surface area contributed by atoms with Crippen LogP contribution in [-0.4, -0.2) is 50.0 Å². The van der Waals surface area contributed by atoms with Gasteiger partial charge in [0.2, 0.25) is 0 Å². The van der Waals surface area contributed by atoms with Crippen LogP contribution in [0.1, 0.15) is 89.7 Å². The molecule has 0 aromatic heterocycles. The summed E-state index contributed by atoms with van der Waals surface area (Å²) < 4.78 is 53.7. The first-order valence-corrected chi connectivity index (χ1v) is 15.1. The van der Waals surface area contributed by atoms with Gasteiger partial charge in [-0.05, 0) is 126 Å². The molecule has 1 aliphatic heterocycles. The van der Waals surface area contributed by atoms with Gasteiger partial charge in [0.15, 0.2) is 0 Å². The molecule has 2 aromatic rings. The van der Waals surface area contributed by atoms with Crippen LogP contribution in [0.25, 0.3) is 0 Å². The average Bonchev–Trinajstić information content (AvgIpc) is 2.91. The fourth-order valence-corrected chi connectivity index (χ4v) is 7.09. The molecule has 9 heteroatoms. The maximum atomic E-state index is 14.1. The maximum Gasteiger partial charge on any atom is 0.395 e. The number of hydrogen-bond acceptors (Lipinski definition) is 4. The molecule has 2 fully saturated rings. The summed E-state index contributed by atoms with van der Waals surface area (Å²) in [4.78, 5) is 2.12. The number of hydrogen-bond donors (Lipinski definition) is 1. The highest BCUT2D eigenvalue weighted by molar-refractivity contribution is 5.85. The van der Waals surface area contributed by atoms with Crippen LogP contribution in [0.5, 0.6) is 5.75 Å². The SMILES string of the molecule is COc1ccc([C@]2(CCN(CC(C)(C)C(F)(F)F)C[C@H]3CC[C@H](c4ccc(N)cc4)CC3)CCOC(C)(C)C2)cc1.Cl.Cl. The lowest BCUT2D eigenvalue weighted by molar-refractivity contribution is -0.217. The third-order valence-corrected chi connectivity index (χ3v) is 9.60. The minimum absolute atomic E-state index is 0. The van der Waals surface area contributed by atoms with Crippen LogP contribution in [0.2, 0.25) is 0 Å². The molecule has 1 atom stereocenters. The van der Waals surface area contributed by atoms with Gasteiger partial charge in [0.05, 0.1) is 18.1 Å². The largest absolute Gasteiger partial charge is 0.497 e. The van der Waals surface area contributed by atoms with Crippen molar-refractivity contribution < 1.29 is 22.6 Å². The lowest BCUT2D eigenvalue weighted by atomic mass is 9.67. The Kier molecular flexibility index (Phi) is 13.2. The van der Waals surface area contributed by atoms with Crippen molar-refractivity contribution in [2.45, 2.75) is 95.8 Å². The lowest BCUT2D eigenvalue weighted by Gasteiger charge is -2.47. The van der Waals surface area contributed by atoms with Gasteiger partial charge < -0.3 is 20.1 Å². The molecule has 1 heterocycles. The van der Waals surface area contributed by atoms with E-state index in [-0.39, 0.29) is 42.4 Å². The molecule has 4 rings (SSSR count). The van der Waals surface area contributed by atoms with Crippen molar-refractivity contribution in [2.75, 3.05) is 39.1 Å². The fraction of sp³-hybridized carbons (Fsp3) is 0.647. The van der Waals surface area contributed by atoms with E-state index in [1.165, 1.54) is 25.0 Å². The Labute approximate surface area is 269 Å². The molecular formula is C34H51Cl2F3N2O2. The van der Waals surface area contributed by atoms with Gasteiger partial charge in [-0.2, -0.15) is 13.2 Å². The number of ether oxygens (including phenoxy) is 2. The number of alkyl halides is 3. The molecule has 0 unspecified atom stereocenters. The second-order valence-electron chi connectivity index (χ2n) is 13.8. The highest BCUT2D eigenvalue weighted by Gasteiger charge is 2.49. The van der Waals surface area contributed by atoms with E-state index in [2.05, 4.69) is 43.0 Å². The second kappa shape index (κ2) is 15.1. The summed E-state index contributed by atoms with van der Waals surface area (Å²) in [7, 11) is 1.66. The van der Waals surface area contributed by atoms with Crippen LogP contribution >= 0.6 is 24.8 Å². The Morgan fingerprint density at radius 2 is 1.56 bits per heavy atom. The van der Waals surface area contributed by atoms with Crippen LogP contribution in [0.3, 0.4) is 0 Å². The van der Waals surface area contributed by atoms with E-state index >= 15 is 0 Å². The summed E-state index contributed by atoms with van der Waals surface area (Å²) >= 11 is 0. The third-order valence-electron chi connectivity index (χ3n) is 9.60. The summed E-state index contributed by atoms with van der Waals surface area (Å²) in [5, 5.41) is 0. The first kappa shape index (κ1) is 37.5. The maximum absolute atomic E-state index is 14.1. The van der Waals surface area contributed by atoms with Crippen molar-refractivity contribution in [3.05, 3.63) is 59.7 Å². The zero-order chi connectivity index (χ0) is 29.9. The quantitative estimate of drug-likeness (QED) is 0.261. The van der Waals surface area contributed by atoms with Crippen LogP contribution < -0.4 is 10.5 Å². The summed E-state index contributed by atoms with van der Waals surface area (Å²) in [5.74, 6) is 1.69. The molecule has 0 bridgehead atoms. The van der Waals surface area contributed by atoms with Gasteiger partial charge in [0.25, 0.3) is 0 Å². The number of rotatable bonds is 10. The number of nitrogen functional groups attached to an aromatic ring is 1. The average molecular weight is 648 g/mol. The molecule has 1 saturated carbocycles. The molecule has 244 valence electrons. The molecule has 4 nitrogen and oxygen atoms in total. The highest BCUT2D eigenvalue weighted by atomic mass is 35.5. The molecule has 2 aliphatic rings. The topological polar surface area (TPSA) is 47.7 Å². The smallest absolute Gasteiger partial charge is 0.395 e. The molecular weight excluding hydrogens is 596 g/mol. The molecule has 0 spiro atoms. The number of halogens is 5. The number of anilines is 1. The van der Waals surface area contributed by atoms with E-state index in [0.29, 0.717) is 31.5 Å². The molecule has 2 N–H and O–H groups in total. The zero-order valence-electron chi connectivity index (χ0n) is 26.3. The number of nitrogens with two attached hydrogens (primary N) is 1. The molecule has 1 aliphatic carbocycles. The molecule has 2 aromatic carbocycles. The lowest BCUT2D eigenvalue weighted by Crippen LogP contribution is -2.49. The Bertz CT molecular complexity index is 1120. The second-order valence-corrected chi connectivity index (χ2v) is 13.8. The van der Waals surface area contributed by atoms with E-state index in [1.54, 1.807) is 7.11 Å². The first-order chi connectivity index (χ1) is 19.2. The van der Waals surface area contributed by atoms with Crippen molar-refractivity contribution in [2.24, 2.45) is 11.3 Å². The van der Waals surface area contributed by atoms with E-state index in [1.807, 2.05) is 24.3 Å². The Hall–Kier alpha value is -1.67. The third kappa shape index (κ3) is 9.66. The monoisotopic (exact) mass is 646 g/mol. The van der Waals surface area contributed by atoms with Gasteiger partial charge in [-0.25, -0.2) is 0 Å². The van der Waals surface area contributed by atoms with Crippen LogP contribution in [-0.2, 0) is 10.2 Å². The van der Waals surface area contributed by atoms with E-state index < -0.39 is 11.6 Å². The van der Waals surface area contributed by atoms with Crippen LogP contribution in [0.4, 0.5) is 18.9 Å². The van der Waals surface area contributed by atoms with Crippen molar-refractivity contribution >= 4 is 30.5 Å². The summed E-state index contributed by atoms with van der Waals surface area (Å²) in [5.41, 5.74) is 6.93. The van der Waals surface area contributed by atoms with Gasteiger partial charge >= 0.3 is 6.18 Å². The fourth-order valence-electron chi connectivity index (χ4n) is 7.09. The molecule has 0 radical (unpaired) electrons. The van der Waals surface area contributed by atoms with Crippen LogP contribution in [0.15, 0.2) is 48.5 Å². The Balaban J connectivity index is 0.00000323. The Morgan fingerprint density at radius 1 is 0.953 bits per heavy atom. The van der Waals surface area contributed by atoms with E-state index in [4.69, 9.17) is 15.2 Å². The summed E-state index contributed by atoms with van der Waals surface area (Å²) in [6.07, 6.45) is 2.40. The van der Waals surface area contributed by atoms with Gasteiger partial charge in [-0.15, -0.1) is 24.8 Å². The normalized spacial score (nSPS) is 24.1. The van der Waals surface area contributed by atoms with Crippen molar-refractivity contribution in [3.63, 3.8) is 0 Å². The minimum atomic E-state index is -4.26. The number of nitrogens with zero attached hydrogens (tertiary/aromatic N) is 1. The van der Waals surface area contributed by atoms with Crippen molar-refractivity contribution in [1.82, 2.24) is 4.90 Å². The predicted octanol–water partition coefficient (Wildman–Crippen LogP) is 9.20. The van der Waals surface area contributed by atoms with Crippen molar-refractivity contribution in [3.8, 4) is 5.75 Å². The van der Waals surface area contributed by atoms with Gasteiger partial charge in [0.1, 0.15) is 5.75 Å². The number of benzene rings is 2. The summed E-state index contributed by atoms with van der Waals surface area (Å²) in [6, 6.07) is 16.4. The molecule has 1 saturated heterocycles. The number of methoxy groups -OCH3 is 1. The standard InChI is InChI=1S/C34H49F3N2O2.2ClH/c1-31(2,34(35,36)37)24-39(22-25-6-8-26(9-7-25)27-10-14-29(38)15-11-27)20-18-33(19-21-41-32(3,4)23-33)28-12-16-30(40-5)17-13-28;;/h10-17,25-26H,6-9,18-24,38H2,1-5H3;2*1H/t25-,26-,33-;;/m1../s1. The summed E-state index contributed by atoms with van der Waals surface area (Å²) in [6.45, 7) is 8.90.